The zero-order chi connectivity index (χ0) is 13.2. The number of aliphatic hydroxyl groups excluding tert-OH is 1. The Labute approximate surface area is 111 Å². The van der Waals surface area contributed by atoms with Gasteiger partial charge in [0, 0.05) is 17.3 Å². The lowest BCUT2D eigenvalue weighted by atomic mass is 9.99. The zero-order valence-corrected chi connectivity index (χ0v) is 10.4. The molecule has 19 heavy (non-hydrogen) atoms. The molecule has 0 radical (unpaired) electrons. The maximum absolute atomic E-state index is 9.53. The fraction of sp³-hybridized carbons (Fsp3) is 0. The highest BCUT2D eigenvalue weighted by Gasteiger charge is 2.06. The summed E-state index contributed by atoms with van der Waals surface area (Å²) in [5, 5.41) is 11.7. The Morgan fingerprint density at radius 3 is 2.63 bits per heavy atom. The predicted octanol–water partition coefficient (Wildman–Crippen LogP) is 4.43. The van der Waals surface area contributed by atoms with Gasteiger partial charge in [-0.3, -0.25) is 4.98 Å². The molecule has 0 amide bonds. The molecule has 2 heteroatoms. The molecule has 0 bridgehead atoms. The first-order valence-electron chi connectivity index (χ1n) is 6.08. The smallest absolute Gasteiger partial charge is 0.115 e. The summed E-state index contributed by atoms with van der Waals surface area (Å²) in [6.45, 7) is 3.57. The van der Waals surface area contributed by atoms with Gasteiger partial charge < -0.3 is 5.11 Å². The van der Waals surface area contributed by atoms with E-state index in [4.69, 9.17) is 0 Å². The number of pyridine rings is 1. The lowest BCUT2D eigenvalue weighted by molar-refractivity contribution is 0.514. The number of rotatable bonds is 2. The minimum absolute atomic E-state index is 0.0812. The minimum Gasteiger partial charge on any atom is -0.508 e. The summed E-state index contributed by atoms with van der Waals surface area (Å²) in [6, 6.07) is 17.7. The van der Waals surface area contributed by atoms with Crippen LogP contribution in [0.15, 0.2) is 67.4 Å². The molecule has 0 spiro atoms. The van der Waals surface area contributed by atoms with E-state index in [0.29, 0.717) is 0 Å². The van der Waals surface area contributed by atoms with E-state index >= 15 is 0 Å². The maximum Gasteiger partial charge on any atom is 0.115 e. The second-order valence-electron chi connectivity index (χ2n) is 4.40. The first kappa shape index (κ1) is 11.5. The molecule has 0 saturated heterocycles. The molecule has 1 aromatic heterocycles. The van der Waals surface area contributed by atoms with Crippen LogP contribution < -0.4 is 0 Å². The van der Waals surface area contributed by atoms with Crippen LogP contribution in [-0.4, -0.2) is 10.1 Å². The fourth-order valence-electron chi connectivity index (χ4n) is 2.20. The van der Waals surface area contributed by atoms with E-state index in [2.05, 4.69) is 11.6 Å². The Balaban J connectivity index is 2.30. The highest BCUT2D eigenvalue weighted by molar-refractivity contribution is 5.97. The van der Waals surface area contributed by atoms with Crippen LogP contribution in [0.4, 0.5) is 0 Å². The van der Waals surface area contributed by atoms with Gasteiger partial charge >= 0.3 is 0 Å². The van der Waals surface area contributed by atoms with Crippen molar-refractivity contribution in [3.63, 3.8) is 0 Å². The van der Waals surface area contributed by atoms with Crippen molar-refractivity contribution in [2.45, 2.75) is 0 Å². The van der Waals surface area contributed by atoms with E-state index < -0.39 is 0 Å². The van der Waals surface area contributed by atoms with Gasteiger partial charge in [0.1, 0.15) is 5.76 Å². The predicted molar refractivity (Wildman–Crippen MR) is 78.8 cm³/mol. The van der Waals surface area contributed by atoms with Crippen LogP contribution in [0, 0.1) is 0 Å². The summed E-state index contributed by atoms with van der Waals surface area (Å²) in [4.78, 5) is 4.39. The average molecular weight is 247 g/mol. The molecular formula is C17H13NO. The van der Waals surface area contributed by atoms with Crippen molar-refractivity contribution in [1.82, 2.24) is 4.98 Å². The summed E-state index contributed by atoms with van der Waals surface area (Å²) in [5.41, 5.74) is 2.71. The molecule has 92 valence electrons. The number of fused-ring (bicyclic) bond motifs is 1. The third kappa shape index (κ3) is 2.08. The minimum atomic E-state index is 0.0812. The molecule has 3 rings (SSSR count). The number of aliphatic hydroxyl groups is 1. The maximum atomic E-state index is 9.53. The molecule has 0 aliphatic heterocycles. The molecule has 2 aromatic carbocycles. The summed E-state index contributed by atoms with van der Waals surface area (Å²) in [5.74, 6) is 0.0812. The molecule has 0 saturated carbocycles. The number of benzene rings is 2. The van der Waals surface area contributed by atoms with Crippen LogP contribution in [0.5, 0.6) is 0 Å². The Morgan fingerprint density at radius 1 is 1.00 bits per heavy atom. The van der Waals surface area contributed by atoms with Crippen molar-refractivity contribution < 1.29 is 5.11 Å². The third-order valence-corrected chi connectivity index (χ3v) is 3.16. The standard InChI is InChI=1S/C17H13NO/c1-12(19)14-9-8-13-5-4-6-15(16(13)11-14)17-7-2-3-10-18-17/h2-11,19H,1H2. The highest BCUT2D eigenvalue weighted by atomic mass is 16.3. The molecular weight excluding hydrogens is 234 g/mol. The van der Waals surface area contributed by atoms with Gasteiger partial charge in [0.15, 0.2) is 0 Å². The first-order valence-corrected chi connectivity index (χ1v) is 6.08. The molecule has 0 atom stereocenters. The molecule has 1 N–H and O–H groups in total. The van der Waals surface area contributed by atoms with Crippen molar-refractivity contribution >= 4 is 16.5 Å². The van der Waals surface area contributed by atoms with Crippen molar-refractivity contribution in [3.8, 4) is 11.3 Å². The second kappa shape index (κ2) is 4.58. The summed E-state index contributed by atoms with van der Waals surface area (Å²) in [6.07, 6.45) is 1.78. The van der Waals surface area contributed by atoms with E-state index in [1.807, 2.05) is 54.6 Å². The Morgan fingerprint density at radius 2 is 1.89 bits per heavy atom. The summed E-state index contributed by atoms with van der Waals surface area (Å²) >= 11 is 0. The van der Waals surface area contributed by atoms with Crippen LogP contribution in [-0.2, 0) is 0 Å². The summed E-state index contributed by atoms with van der Waals surface area (Å²) < 4.78 is 0. The lowest BCUT2D eigenvalue weighted by Gasteiger charge is -2.08. The lowest BCUT2D eigenvalue weighted by Crippen LogP contribution is -1.87. The first-order chi connectivity index (χ1) is 9.25. The van der Waals surface area contributed by atoms with Gasteiger partial charge in [-0.15, -0.1) is 0 Å². The average Bonchev–Trinajstić information content (AvgIpc) is 2.47. The van der Waals surface area contributed by atoms with Crippen LogP contribution in [0.3, 0.4) is 0 Å². The fourth-order valence-corrected chi connectivity index (χ4v) is 2.20. The van der Waals surface area contributed by atoms with Gasteiger partial charge in [0.2, 0.25) is 0 Å². The molecule has 2 nitrogen and oxygen atoms in total. The normalized spacial score (nSPS) is 10.5. The number of hydrogen-bond acceptors (Lipinski definition) is 2. The second-order valence-corrected chi connectivity index (χ2v) is 4.40. The molecule has 3 aromatic rings. The van der Waals surface area contributed by atoms with Gasteiger partial charge in [0.05, 0.1) is 5.69 Å². The molecule has 0 fully saturated rings. The largest absolute Gasteiger partial charge is 0.508 e. The summed E-state index contributed by atoms with van der Waals surface area (Å²) in [7, 11) is 0. The molecule has 1 heterocycles. The van der Waals surface area contributed by atoms with Crippen molar-refractivity contribution in [1.29, 1.82) is 0 Å². The molecule has 0 aliphatic carbocycles. The third-order valence-electron chi connectivity index (χ3n) is 3.16. The molecule has 0 aliphatic rings. The van der Waals surface area contributed by atoms with Crippen molar-refractivity contribution in [3.05, 3.63) is 72.9 Å². The van der Waals surface area contributed by atoms with Gasteiger partial charge in [-0.1, -0.05) is 43.0 Å². The van der Waals surface area contributed by atoms with E-state index in [9.17, 15) is 5.11 Å². The van der Waals surface area contributed by atoms with Gasteiger partial charge in [0.25, 0.3) is 0 Å². The SMILES string of the molecule is C=C(O)c1ccc2cccc(-c3ccccn3)c2c1. The van der Waals surface area contributed by atoms with Crippen LogP contribution >= 0.6 is 0 Å². The number of hydrogen-bond donors (Lipinski definition) is 1. The zero-order valence-electron chi connectivity index (χ0n) is 10.4. The van der Waals surface area contributed by atoms with E-state index in [1.165, 1.54) is 0 Å². The van der Waals surface area contributed by atoms with E-state index in [-0.39, 0.29) is 5.76 Å². The van der Waals surface area contributed by atoms with Crippen LogP contribution in [0.25, 0.3) is 27.8 Å². The molecule has 0 unspecified atom stereocenters. The van der Waals surface area contributed by atoms with Crippen LogP contribution in [0.1, 0.15) is 5.56 Å². The van der Waals surface area contributed by atoms with Crippen LogP contribution in [0.2, 0.25) is 0 Å². The number of nitrogens with zero attached hydrogens (tertiary/aromatic N) is 1. The number of aromatic nitrogens is 1. The van der Waals surface area contributed by atoms with Gasteiger partial charge in [-0.05, 0) is 29.0 Å². The van der Waals surface area contributed by atoms with Crippen molar-refractivity contribution in [2.75, 3.05) is 0 Å². The Kier molecular flexibility index (Phi) is 2.76. The quantitative estimate of drug-likeness (QED) is 0.679. The monoisotopic (exact) mass is 247 g/mol. The Bertz CT molecular complexity index is 748. The van der Waals surface area contributed by atoms with Crippen molar-refractivity contribution in [2.24, 2.45) is 0 Å². The Hall–Kier alpha value is -2.61. The van der Waals surface area contributed by atoms with Gasteiger partial charge in [-0.25, -0.2) is 0 Å². The topological polar surface area (TPSA) is 33.1 Å². The van der Waals surface area contributed by atoms with E-state index in [1.54, 1.807) is 6.20 Å². The van der Waals surface area contributed by atoms with Gasteiger partial charge in [-0.2, -0.15) is 0 Å². The van der Waals surface area contributed by atoms with E-state index in [0.717, 1.165) is 27.6 Å². The highest BCUT2D eigenvalue weighted by Crippen LogP contribution is 2.29.